The van der Waals surface area contributed by atoms with E-state index in [2.05, 4.69) is 10.6 Å². The van der Waals surface area contributed by atoms with Gasteiger partial charge in [-0.1, -0.05) is 13.8 Å². The zero-order valence-electron chi connectivity index (χ0n) is 9.31. The van der Waals surface area contributed by atoms with Gasteiger partial charge in [-0.15, -0.1) is 0 Å². The Morgan fingerprint density at radius 1 is 1.64 bits per heavy atom. The highest BCUT2D eigenvalue weighted by molar-refractivity contribution is 5.78. The van der Waals surface area contributed by atoms with Crippen molar-refractivity contribution in [3.63, 3.8) is 0 Å². The molecule has 1 fully saturated rings. The molecule has 1 aliphatic heterocycles. The molecular weight excluding hydrogens is 176 g/mol. The molecule has 82 valence electrons. The van der Waals surface area contributed by atoms with Gasteiger partial charge in [0.2, 0.25) is 5.91 Å². The van der Waals surface area contributed by atoms with Crippen molar-refractivity contribution in [3.05, 3.63) is 0 Å². The van der Waals surface area contributed by atoms with E-state index < -0.39 is 0 Å². The zero-order chi connectivity index (χ0) is 10.4. The molecule has 0 radical (unpaired) electrons. The van der Waals surface area contributed by atoms with E-state index in [0.717, 1.165) is 38.4 Å². The van der Waals surface area contributed by atoms with Crippen molar-refractivity contribution in [1.82, 2.24) is 10.6 Å². The number of carbonyl (C=O) groups is 1. The van der Waals surface area contributed by atoms with Gasteiger partial charge in [0.25, 0.3) is 0 Å². The Kier molecular flexibility index (Phi) is 4.94. The van der Waals surface area contributed by atoms with Gasteiger partial charge in [-0.05, 0) is 38.3 Å². The summed E-state index contributed by atoms with van der Waals surface area (Å²) in [7, 11) is 0. The van der Waals surface area contributed by atoms with Crippen LogP contribution in [0.5, 0.6) is 0 Å². The molecule has 2 atom stereocenters. The van der Waals surface area contributed by atoms with E-state index in [1.165, 1.54) is 6.42 Å². The third kappa shape index (κ3) is 3.66. The summed E-state index contributed by atoms with van der Waals surface area (Å²) in [4.78, 5) is 11.4. The molecule has 0 saturated carbocycles. The molecule has 2 unspecified atom stereocenters. The summed E-state index contributed by atoms with van der Waals surface area (Å²) < 4.78 is 0. The SMILES string of the molecule is CCC(C)C(=O)NCCC1CCNC1. The maximum atomic E-state index is 11.4. The summed E-state index contributed by atoms with van der Waals surface area (Å²) in [6.45, 7) is 7.14. The van der Waals surface area contributed by atoms with E-state index in [-0.39, 0.29) is 11.8 Å². The fraction of sp³-hybridized carbons (Fsp3) is 0.909. The van der Waals surface area contributed by atoms with Crippen molar-refractivity contribution in [2.75, 3.05) is 19.6 Å². The second-order valence-corrected chi connectivity index (χ2v) is 4.25. The molecule has 0 bridgehead atoms. The van der Waals surface area contributed by atoms with Crippen molar-refractivity contribution < 1.29 is 4.79 Å². The van der Waals surface area contributed by atoms with Gasteiger partial charge in [0, 0.05) is 12.5 Å². The normalized spacial score (nSPS) is 23.4. The minimum Gasteiger partial charge on any atom is -0.356 e. The van der Waals surface area contributed by atoms with Gasteiger partial charge in [-0.3, -0.25) is 4.79 Å². The molecule has 0 aromatic rings. The molecule has 0 aromatic carbocycles. The van der Waals surface area contributed by atoms with Gasteiger partial charge in [-0.25, -0.2) is 0 Å². The molecule has 2 N–H and O–H groups in total. The molecule has 1 aliphatic rings. The summed E-state index contributed by atoms with van der Waals surface area (Å²) in [6.07, 6.45) is 3.31. The van der Waals surface area contributed by atoms with Crippen LogP contribution in [0.1, 0.15) is 33.1 Å². The topological polar surface area (TPSA) is 41.1 Å². The number of rotatable bonds is 5. The number of amides is 1. The lowest BCUT2D eigenvalue weighted by Crippen LogP contribution is -2.30. The highest BCUT2D eigenvalue weighted by atomic mass is 16.1. The highest BCUT2D eigenvalue weighted by Crippen LogP contribution is 2.11. The zero-order valence-corrected chi connectivity index (χ0v) is 9.31. The predicted molar refractivity (Wildman–Crippen MR) is 58.1 cm³/mol. The number of hydrogen-bond acceptors (Lipinski definition) is 2. The first-order chi connectivity index (χ1) is 6.74. The van der Waals surface area contributed by atoms with Crippen LogP contribution in [0.3, 0.4) is 0 Å². The minimum atomic E-state index is 0.164. The van der Waals surface area contributed by atoms with Crippen molar-refractivity contribution in [1.29, 1.82) is 0 Å². The van der Waals surface area contributed by atoms with Crippen molar-refractivity contribution >= 4 is 5.91 Å². The standard InChI is InChI=1S/C11H22N2O/c1-3-9(2)11(14)13-7-5-10-4-6-12-8-10/h9-10,12H,3-8H2,1-2H3,(H,13,14). The Bertz CT molecular complexity index is 176. The van der Waals surface area contributed by atoms with Crippen LogP contribution in [-0.4, -0.2) is 25.5 Å². The number of carbonyl (C=O) groups excluding carboxylic acids is 1. The molecule has 1 rings (SSSR count). The average Bonchev–Trinajstić information content (AvgIpc) is 2.69. The van der Waals surface area contributed by atoms with E-state index in [4.69, 9.17) is 0 Å². The Morgan fingerprint density at radius 2 is 2.43 bits per heavy atom. The lowest BCUT2D eigenvalue weighted by molar-refractivity contribution is -0.124. The van der Waals surface area contributed by atoms with Gasteiger partial charge in [0.1, 0.15) is 0 Å². The first-order valence-electron chi connectivity index (χ1n) is 5.72. The predicted octanol–water partition coefficient (Wildman–Crippen LogP) is 1.15. The molecule has 1 heterocycles. The molecule has 14 heavy (non-hydrogen) atoms. The van der Waals surface area contributed by atoms with Crippen LogP contribution in [0.4, 0.5) is 0 Å². The van der Waals surface area contributed by atoms with Crippen LogP contribution in [0.2, 0.25) is 0 Å². The third-order valence-electron chi connectivity index (χ3n) is 3.07. The van der Waals surface area contributed by atoms with Gasteiger partial charge < -0.3 is 10.6 Å². The maximum absolute atomic E-state index is 11.4. The fourth-order valence-electron chi connectivity index (χ4n) is 1.72. The summed E-state index contributed by atoms with van der Waals surface area (Å²) in [5, 5.41) is 6.33. The maximum Gasteiger partial charge on any atom is 0.222 e. The third-order valence-corrected chi connectivity index (χ3v) is 3.07. The largest absolute Gasteiger partial charge is 0.356 e. The Labute approximate surface area is 86.6 Å². The quantitative estimate of drug-likeness (QED) is 0.696. The average molecular weight is 198 g/mol. The highest BCUT2D eigenvalue weighted by Gasteiger charge is 2.15. The van der Waals surface area contributed by atoms with E-state index in [0.29, 0.717) is 0 Å². The van der Waals surface area contributed by atoms with E-state index in [9.17, 15) is 4.79 Å². The Hall–Kier alpha value is -0.570. The molecule has 0 spiro atoms. The van der Waals surface area contributed by atoms with Crippen LogP contribution < -0.4 is 10.6 Å². The van der Waals surface area contributed by atoms with Crippen LogP contribution in [0.15, 0.2) is 0 Å². The van der Waals surface area contributed by atoms with Gasteiger partial charge >= 0.3 is 0 Å². The number of hydrogen-bond donors (Lipinski definition) is 2. The van der Waals surface area contributed by atoms with Gasteiger partial charge in [0.05, 0.1) is 0 Å². The molecule has 1 amide bonds. The molecule has 3 heteroatoms. The minimum absolute atomic E-state index is 0.164. The summed E-state index contributed by atoms with van der Waals surface area (Å²) in [5.74, 6) is 1.14. The molecule has 0 aliphatic carbocycles. The first-order valence-corrected chi connectivity index (χ1v) is 5.72. The van der Waals surface area contributed by atoms with Crippen molar-refractivity contribution in [3.8, 4) is 0 Å². The van der Waals surface area contributed by atoms with Crippen LogP contribution >= 0.6 is 0 Å². The molecule has 1 saturated heterocycles. The lowest BCUT2D eigenvalue weighted by Gasteiger charge is -2.12. The fourth-order valence-corrected chi connectivity index (χ4v) is 1.72. The van der Waals surface area contributed by atoms with E-state index >= 15 is 0 Å². The van der Waals surface area contributed by atoms with Gasteiger partial charge in [-0.2, -0.15) is 0 Å². The van der Waals surface area contributed by atoms with E-state index in [1.807, 2.05) is 13.8 Å². The monoisotopic (exact) mass is 198 g/mol. The van der Waals surface area contributed by atoms with Crippen molar-refractivity contribution in [2.24, 2.45) is 11.8 Å². The second-order valence-electron chi connectivity index (χ2n) is 4.25. The van der Waals surface area contributed by atoms with Gasteiger partial charge in [0.15, 0.2) is 0 Å². The van der Waals surface area contributed by atoms with Crippen molar-refractivity contribution in [2.45, 2.75) is 33.1 Å². The Morgan fingerprint density at radius 3 is 3.00 bits per heavy atom. The lowest BCUT2D eigenvalue weighted by atomic mass is 10.0. The second kappa shape index (κ2) is 6.02. The van der Waals surface area contributed by atoms with Crippen LogP contribution in [0, 0.1) is 11.8 Å². The molecule has 0 aromatic heterocycles. The smallest absolute Gasteiger partial charge is 0.222 e. The summed E-state index contributed by atoms with van der Waals surface area (Å²) >= 11 is 0. The Balaban J connectivity index is 2.05. The van der Waals surface area contributed by atoms with E-state index in [1.54, 1.807) is 0 Å². The first kappa shape index (κ1) is 11.5. The summed E-state index contributed by atoms with van der Waals surface area (Å²) in [6, 6.07) is 0. The molecule has 3 nitrogen and oxygen atoms in total. The van der Waals surface area contributed by atoms with Crippen LogP contribution in [-0.2, 0) is 4.79 Å². The number of nitrogens with one attached hydrogen (secondary N) is 2. The van der Waals surface area contributed by atoms with Crippen LogP contribution in [0.25, 0.3) is 0 Å². The summed E-state index contributed by atoms with van der Waals surface area (Å²) in [5.41, 5.74) is 0. The molecular formula is C11H22N2O.